The number of fused-ring (bicyclic) bond motifs is 1. The second-order valence-electron chi connectivity index (χ2n) is 4.91. The largest absolute Gasteiger partial charge is 0.351 e. The number of rotatable bonds is 5. The van der Waals surface area contributed by atoms with Crippen molar-refractivity contribution in [3.8, 4) is 0 Å². The first kappa shape index (κ1) is 12.0. The third-order valence-corrected chi connectivity index (χ3v) is 3.37. The van der Waals surface area contributed by atoms with Gasteiger partial charge >= 0.3 is 0 Å². The molecule has 0 saturated heterocycles. The van der Waals surface area contributed by atoms with Crippen LogP contribution in [0.4, 0.5) is 0 Å². The lowest BCUT2D eigenvalue weighted by molar-refractivity contribution is -0.121. The van der Waals surface area contributed by atoms with Gasteiger partial charge in [-0.1, -0.05) is 18.2 Å². The Labute approximate surface area is 112 Å². The molecular weight excluding hydrogens is 238 g/mol. The molecule has 1 amide bonds. The van der Waals surface area contributed by atoms with Crippen molar-refractivity contribution in [1.29, 1.82) is 0 Å². The number of hydrogen-bond acceptors (Lipinski definition) is 2. The molecule has 1 heterocycles. The highest BCUT2D eigenvalue weighted by Crippen LogP contribution is 2.40. The maximum atomic E-state index is 11.9. The number of para-hydroxylation sites is 2. The van der Waals surface area contributed by atoms with E-state index in [-0.39, 0.29) is 5.91 Å². The van der Waals surface area contributed by atoms with Crippen LogP contribution < -0.4 is 5.32 Å². The standard InChI is InChI=1S/C15H17N3O/c1-2-9-16-14(19)10-18-13-6-4-3-5-12(13)17-15(18)11-7-8-11/h2-6,11H,1,7-10H2,(H,16,19). The SMILES string of the molecule is C=CCNC(=O)Cn1c(C2CC2)nc2ccccc21. The van der Waals surface area contributed by atoms with E-state index in [0.29, 0.717) is 19.0 Å². The van der Waals surface area contributed by atoms with Crippen LogP contribution in [0.5, 0.6) is 0 Å². The zero-order valence-corrected chi connectivity index (χ0v) is 10.8. The summed E-state index contributed by atoms with van der Waals surface area (Å²) in [5.74, 6) is 1.58. The van der Waals surface area contributed by atoms with Gasteiger partial charge < -0.3 is 9.88 Å². The summed E-state index contributed by atoms with van der Waals surface area (Å²) in [5.41, 5.74) is 2.01. The van der Waals surface area contributed by atoms with Crippen molar-refractivity contribution in [3.05, 3.63) is 42.7 Å². The third-order valence-electron chi connectivity index (χ3n) is 3.37. The normalized spacial score (nSPS) is 14.5. The fourth-order valence-electron chi connectivity index (χ4n) is 2.30. The van der Waals surface area contributed by atoms with E-state index < -0.39 is 0 Å². The molecule has 2 aromatic rings. The van der Waals surface area contributed by atoms with Gasteiger partial charge in [-0.15, -0.1) is 6.58 Å². The second kappa shape index (κ2) is 4.88. The average molecular weight is 255 g/mol. The van der Waals surface area contributed by atoms with Gasteiger partial charge in [0.15, 0.2) is 0 Å². The number of nitrogens with one attached hydrogen (secondary N) is 1. The van der Waals surface area contributed by atoms with Crippen LogP contribution in [0, 0.1) is 0 Å². The number of amides is 1. The van der Waals surface area contributed by atoms with Crippen LogP contribution in [0.3, 0.4) is 0 Å². The molecule has 1 saturated carbocycles. The molecule has 0 spiro atoms. The van der Waals surface area contributed by atoms with Gasteiger partial charge in [0.1, 0.15) is 12.4 Å². The molecule has 1 aliphatic rings. The van der Waals surface area contributed by atoms with Gasteiger partial charge in [-0.3, -0.25) is 4.79 Å². The van der Waals surface area contributed by atoms with Gasteiger partial charge in [0.2, 0.25) is 5.91 Å². The molecule has 4 heteroatoms. The first-order valence-electron chi connectivity index (χ1n) is 6.62. The van der Waals surface area contributed by atoms with E-state index in [4.69, 9.17) is 0 Å². The van der Waals surface area contributed by atoms with Gasteiger partial charge in [-0.05, 0) is 25.0 Å². The van der Waals surface area contributed by atoms with Crippen LogP contribution in [-0.4, -0.2) is 22.0 Å². The fraction of sp³-hybridized carbons (Fsp3) is 0.333. The lowest BCUT2D eigenvalue weighted by atomic mass is 10.3. The Morgan fingerprint density at radius 1 is 1.47 bits per heavy atom. The highest BCUT2D eigenvalue weighted by Gasteiger charge is 2.29. The Kier molecular flexibility index (Phi) is 3.07. The predicted octanol–water partition coefficient (Wildman–Crippen LogP) is 2.22. The summed E-state index contributed by atoms with van der Waals surface area (Å²) >= 11 is 0. The molecule has 1 aromatic heterocycles. The average Bonchev–Trinajstić information content (AvgIpc) is 3.21. The molecule has 4 nitrogen and oxygen atoms in total. The molecule has 3 rings (SSSR count). The number of aromatic nitrogens is 2. The third kappa shape index (κ3) is 2.38. The topological polar surface area (TPSA) is 46.9 Å². The van der Waals surface area contributed by atoms with Crippen LogP contribution in [0.15, 0.2) is 36.9 Å². The molecule has 0 atom stereocenters. The molecule has 98 valence electrons. The molecule has 0 radical (unpaired) electrons. The van der Waals surface area contributed by atoms with Crippen molar-refractivity contribution in [1.82, 2.24) is 14.9 Å². The van der Waals surface area contributed by atoms with Crippen molar-refractivity contribution in [2.75, 3.05) is 6.54 Å². The van der Waals surface area contributed by atoms with Crippen LogP contribution in [0.2, 0.25) is 0 Å². The van der Waals surface area contributed by atoms with Crippen LogP contribution in [0.1, 0.15) is 24.6 Å². The molecule has 0 aliphatic heterocycles. The first-order chi connectivity index (χ1) is 9.29. The Morgan fingerprint density at radius 3 is 3.00 bits per heavy atom. The van der Waals surface area contributed by atoms with Crippen LogP contribution in [-0.2, 0) is 11.3 Å². The number of benzene rings is 1. The van der Waals surface area contributed by atoms with Gasteiger partial charge in [0.05, 0.1) is 11.0 Å². The number of carbonyl (C=O) groups excluding carboxylic acids is 1. The van der Waals surface area contributed by atoms with E-state index in [1.54, 1.807) is 6.08 Å². The van der Waals surface area contributed by atoms with E-state index in [1.165, 1.54) is 12.8 Å². The molecule has 19 heavy (non-hydrogen) atoms. The number of nitrogens with zero attached hydrogens (tertiary/aromatic N) is 2. The van der Waals surface area contributed by atoms with Gasteiger partial charge in [-0.25, -0.2) is 4.98 Å². The summed E-state index contributed by atoms with van der Waals surface area (Å²) in [6.07, 6.45) is 4.04. The summed E-state index contributed by atoms with van der Waals surface area (Å²) in [4.78, 5) is 16.6. The highest BCUT2D eigenvalue weighted by atomic mass is 16.1. The van der Waals surface area contributed by atoms with Crippen molar-refractivity contribution < 1.29 is 4.79 Å². The maximum Gasteiger partial charge on any atom is 0.240 e. The Morgan fingerprint density at radius 2 is 2.26 bits per heavy atom. The number of hydrogen-bond donors (Lipinski definition) is 1. The van der Waals surface area contributed by atoms with Gasteiger partial charge in [0, 0.05) is 12.5 Å². The summed E-state index contributed by atoms with van der Waals surface area (Å²) in [6.45, 7) is 4.44. The smallest absolute Gasteiger partial charge is 0.240 e. The predicted molar refractivity (Wildman–Crippen MR) is 74.9 cm³/mol. The highest BCUT2D eigenvalue weighted by molar-refractivity contribution is 5.81. The van der Waals surface area contributed by atoms with Crippen LogP contribution >= 0.6 is 0 Å². The second-order valence-corrected chi connectivity index (χ2v) is 4.91. The molecule has 0 unspecified atom stereocenters. The lowest BCUT2D eigenvalue weighted by Gasteiger charge is -2.08. The Bertz CT molecular complexity index is 625. The zero-order chi connectivity index (χ0) is 13.2. The molecule has 0 bridgehead atoms. The van der Waals surface area contributed by atoms with Crippen molar-refractivity contribution in [3.63, 3.8) is 0 Å². The quantitative estimate of drug-likeness (QED) is 0.833. The first-order valence-corrected chi connectivity index (χ1v) is 6.62. The molecular formula is C15H17N3O. The van der Waals surface area contributed by atoms with E-state index in [0.717, 1.165) is 16.9 Å². The minimum absolute atomic E-state index is 0.00459. The lowest BCUT2D eigenvalue weighted by Crippen LogP contribution is -2.28. The summed E-state index contributed by atoms with van der Waals surface area (Å²) in [5, 5.41) is 2.82. The molecule has 1 N–H and O–H groups in total. The maximum absolute atomic E-state index is 11.9. The van der Waals surface area contributed by atoms with Gasteiger partial charge in [0.25, 0.3) is 0 Å². The Balaban J connectivity index is 1.93. The van der Waals surface area contributed by atoms with E-state index in [9.17, 15) is 4.79 Å². The molecule has 1 aromatic carbocycles. The number of imidazole rings is 1. The van der Waals surface area contributed by atoms with Crippen LogP contribution in [0.25, 0.3) is 11.0 Å². The fourth-order valence-corrected chi connectivity index (χ4v) is 2.30. The van der Waals surface area contributed by atoms with Crippen molar-refractivity contribution >= 4 is 16.9 Å². The summed E-state index contributed by atoms with van der Waals surface area (Å²) < 4.78 is 2.05. The van der Waals surface area contributed by atoms with E-state index in [1.807, 2.05) is 28.8 Å². The zero-order valence-electron chi connectivity index (χ0n) is 10.8. The van der Waals surface area contributed by atoms with E-state index in [2.05, 4.69) is 16.9 Å². The minimum Gasteiger partial charge on any atom is -0.351 e. The van der Waals surface area contributed by atoms with Crippen molar-refractivity contribution in [2.45, 2.75) is 25.3 Å². The molecule has 1 fully saturated rings. The minimum atomic E-state index is 0.00459. The molecule has 1 aliphatic carbocycles. The van der Waals surface area contributed by atoms with E-state index >= 15 is 0 Å². The Hall–Kier alpha value is -2.10. The van der Waals surface area contributed by atoms with Gasteiger partial charge in [-0.2, -0.15) is 0 Å². The van der Waals surface area contributed by atoms with Crippen molar-refractivity contribution in [2.24, 2.45) is 0 Å². The number of carbonyl (C=O) groups is 1. The monoisotopic (exact) mass is 255 g/mol. The summed E-state index contributed by atoms with van der Waals surface area (Å²) in [6, 6.07) is 7.99. The summed E-state index contributed by atoms with van der Waals surface area (Å²) in [7, 11) is 0.